The number of amides is 2. The minimum Gasteiger partial charge on any atom is -0.328 e. The molecule has 0 spiro atoms. The minimum atomic E-state index is -0.681. The number of benzene rings is 2. The van der Waals surface area contributed by atoms with Crippen molar-refractivity contribution in [3.63, 3.8) is 0 Å². The van der Waals surface area contributed by atoms with Crippen molar-refractivity contribution < 1.29 is 14.0 Å². The molecule has 1 atom stereocenters. The molecule has 158 valence electrons. The number of rotatable bonds is 5. The molecule has 2 aromatic carbocycles. The third kappa shape index (κ3) is 4.40. The Kier molecular flexibility index (Phi) is 6.16. The lowest BCUT2D eigenvalue weighted by molar-refractivity contribution is -0.159. The number of nitrogens with zero attached hydrogens (tertiary/aromatic N) is 2. The van der Waals surface area contributed by atoms with Crippen LogP contribution in [0.3, 0.4) is 0 Å². The molecule has 2 fully saturated rings. The lowest BCUT2D eigenvalue weighted by atomic mass is 9.91. The molecule has 2 aromatic rings. The zero-order chi connectivity index (χ0) is 21.1. The van der Waals surface area contributed by atoms with E-state index in [0.717, 1.165) is 31.2 Å². The van der Waals surface area contributed by atoms with E-state index in [1.165, 1.54) is 24.1 Å². The number of carbonyl (C=O) groups excluding carboxylic acids is 2. The van der Waals surface area contributed by atoms with E-state index >= 15 is 0 Å². The van der Waals surface area contributed by atoms with E-state index in [2.05, 4.69) is 24.3 Å². The monoisotopic (exact) mass is 408 g/mol. The standard InChI is InChI=1S/C25H29FN2O2/c1-18-7-9-19(10-8-18)15-16-27-23(29)17-28(22-5-3-2-4-6-22)25(30)24(27)20-11-13-21(26)14-12-20/h7-14,22,24H,2-6,15-17H2,1H3/t24-/m0/s1. The van der Waals surface area contributed by atoms with Crippen LogP contribution in [0.5, 0.6) is 0 Å². The average molecular weight is 409 g/mol. The maximum Gasteiger partial charge on any atom is 0.250 e. The van der Waals surface area contributed by atoms with Crippen molar-refractivity contribution in [2.24, 2.45) is 0 Å². The Balaban J connectivity index is 1.59. The first-order valence-electron chi connectivity index (χ1n) is 10.9. The molecule has 0 N–H and O–H groups in total. The predicted molar refractivity (Wildman–Crippen MR) is 114 cm³/mol. The van der Waals surface area contributed by atoms with Crippen molar-refractivity contribution in [1.82, 2.24) is 9.80 Å². The van der Waals surface area contributed by atoms with Crippen LogP contribution in [0, 0.1) is 12.7 Å². The summed E-state index contributed by atoms with van der Waals surface area (Å²) in [6.45, 7) is 2.66. The van der Waals surface area contributed by atoms with Crippen LogP contribution in [0.2, 0.25) is 0 Å². The maximum absolute atomic E-state index is 13.6. The first-order valence-corrected chi connectivity index (χ1v) is 10.9. The molecule has 4 nitrogen and oxygen atoms in total. The number of carbonyl (C=O) groups is 2. The Morgan fingerprint density at radius 2 is 1.60 bits per heavy atom. The number of halogens is 1. The highest BCUT2D eigenvalue weighted by Crippen LogP contribution is 2.32. The molecular formula is C25H29FN2O2. The lowest BCUT2D eigenvalue weighted by Gasteiger charge is -2.44. The van der Waals surface area contributed by atoms with E-state index in [-0.39, 0.29) is 30.2 Å². The molecule has 4 rings (SSSR count). The molecule has 0 bridgehead atoms. The van der Waals surface area contributed by atoms with Crippen LogP contribution in [-0.2, 0) is 16.0 Å². The van der Waals surface area contributed by atoms with Crippen LogP contribution in [0.4, 0.5) is 4.39 Å². The lowest BCUT2D eigenvalue weighted by Crippen LogP contribution is -2.58. The van der Waals surface area contributed by atoms with Gasteiger partial charge in [-0.15, -0.1) is 0 Å². The van der Waals surface area contributed by atoms with Crippen molar-refractivity contribution in [2.75, 3.05) is 13.1 Å². The van der Waals surface area contributed by atoms with Crippen LogP contribution in [-0.4, -0.2) is 40.7 Å². The van der Waals surface area contributed by atoms with E-state index in [1.54, 1.807) is 21.9 Å². The van der Waals surface area contributed by atoms with Gasteiger partial charge in [0.1, 0.15) is 18.4 Å². The van der Waals surface area contributed by atoms with Crippen LogP contribution >= 0.6 is 0 Å². The van der Waals surface area contributed by atoms with Crippen LogP contribution in [0.25, 0.3) is 0 Å². The van der Waals surface area contributed by atoms with Crippen LogP contribution in [0.15, 0.2) is 48.5 Å². The Bertz CT molecular complexity index is 888. The summed E-state index contributed by atoms with van der Waals surface area (Å²) in [4.78, 5) is 30.2. The van der Waals surface area contributed by atoms with Gasteiger partial charge in [0, 0.05) is 12.6 Å². The smallest absolute Gasteiger partial charge is 0.250 e. The third-order valence-corrected chi connectivity index (χ3v) is 6.42. The summed E-state index contributed by atoms with van der Waals surface area (Å²) >= 11 is 0. The highest BCUT2D eigenvalue weighted by atomic mass is 19.1. The van der Waals surface area contributed by atoms with E-state index < -0.39 is 6.04 Å². The molecule has 2 amide bonds. The fourth-order valence-electron chi connectivity index (χ4n) is 4.68. The van der Waals surface area contributed by atoms with Crippen LogP contribution < -0.4 is 0 Å². The number of piperazine rings is 1. The zero-order valence-electron chi connectivity index (χ0n) is 17.5. The molecule has 5 heteroatoms. The summed E-state index contributed by atoms with van der Waals surface area (Å²) in [6, 6.07) is 13.7. The third-order valence-electron chi connectivity index (χ3n) is 6.42. The number of hydrogen-bond donors (Lipinski definition) is 0. The predicted octanol–water partition coefficient (Wildman–Crippen LogP) is 4.42. The van der Waals surface area contributed by atoms with E-state index in [1.807, 2.05) is 6.92 Å². The fraction of sp³-hybridized carbons (Fsp3) is 0.440. The van der Waals surface area contributed by atoms with Gasteiger partial charge in [-0.3, -0.25) is 9.59 Å². The van der Waals surface area contributed by atoms with E-state index in [4.69, 9.17) is 0 Å². The van der Waals surface area contributed by atoms with Crippen molar-refractivity contribution in [2.45, 2.75) is 57.5 Å². The molecule has 30 heavy (non-hydrogen) atoms. The van der Waals surface area contributed by atoms with E-state index in [0.29, 0.717) is 18.5 Å². The van der Waals surface area contributed by atoms with Crippen LogP contribution in [0.1, 0.15) is 54.8 Å². The summed E-state index contributed by atoms with van der Waals surface area (Å²) in [6.07, 6.45) is 5.98. The Morgan fingerprint density at radius 1 is 0.933 bits per heavy atom. The summed E-state index contributed by atoms with van der Waals surface area (Å²) in [5.74, 6) is -0.401. The van der Waals surface area contributed by atoms with Crippen molar-refractivity contribution in [1.29, 1.82) is 0 Å². The van der Waals surface area contributed by atoms with Crippen molar-refractivity contribution in [3.05, 3.63) is 71.0 Å². The second kappa shape index (κ2) is 8.99. The van der Waals surface area contributed by atoms with Crippen molar-refractivity contribution >= 4 is 11.8 Å². The zero-order valence-corrected chi connectivity index (χ0v) is 17.5. The molecule has 0 aromatic heterocycles. The van der Waals surface area contributed by atoms with Gasteiger partial charge in [-0.2, -0.15) is 0 Å². The molecule has 1 heterocycles. The van der Waals surface area contributed by atoms with Gasteiger partial charge < -0.3 is 9.80 Å². The molecule has 2 aliphatic rings. The molecule has 1 saturated heterocycles. The quantitative estimate of drug-likeness (QED) is 0.735. The van der Waals surface area contributed by atoms with Gasteiger partial charge in [-0.05, 0) is 49.4 Å². The first-order chi connectivity index (χ1) is 14.5. The first kappa shape index (κ1) is 20.6. The average Bonchev–Trinajstić information content (AvgIpc) is 2.76. The topological polar surface area (TPSA) is 40.6 Å². The Morgan fingerprint density at radius 3 is 2.27 bits per heavy atom. The normalized spacial score (nSPS) is 20.7. The van der Waals surface area contributed by atoms with Gasteiger partial charge in [0.05, 0.1) is 0 Å². The molecule has 1 aliphatic heterocycles. The number of aryl methyl sites for hydroxylation is 1. The Labute approximate surface area is 177 Å². The summed E-state index contributed by atoms with van der Waals surface area (Å²) in [7, 11) is 0. The Hall–Kier alpha value is -2.69. The molecule has 1 saturated carbocycles. The van der Waals surface area contributed by atoms with Gasteiger partial charge >= 0.3 is 0 Å². The SMILES string of the molecule is Cc1ccc(CCN2C(=O)CN(C3CCCCC3)C(=O)[C@@H]2c2ccc(F)cc2)cc1. The summed E-state index contributed by atoms with van der Waals surface area (Å²) in [5.41, 5.74) is 3.00. The molecule has 1 aliphatic carbocycles. The second-order valence-electron chi connectivity index (χ2n) is 8.53. The molecule has 0 radical (unpaired) electrons. The largest absolute Gasteiger partial charge is 0.328 e. The molecule has 0 unspecified atom stereocenters. The minimum absolute atomic E-state index is 0.0263. The second-order valence-corrected chi connectivity index (χ2v) is 8.53. The van der Waals surface area contributed by atoms with Gasteiger partial charge in [-0.25, -0.2) is 4.39 Å². The highest BCUT2D eigenvalue weighted by molar-refractivity contribution is 5.95. The van der Waals surface area contributed by atoms with Gasteiger partial charge in [0.25, 0.3) is 5.91 Å². The van der Waals surface area contributed by atoms with Gasteiger partial charge in [0.15, 0.2) is 0 Å². The van der Waals surface area contributed by atoms with Gasteiger partial charge in [0.2, 0.25) is 5.91 Å². The fourth-order valence-corrected chi connectivity index (χ4v) is 4.68. The van der Waals surface area contributed by atoms with Gasteiger partial charge in [-0.1, -0.05) is 61.2 Å². The maximum atomic E-state index is 13.6. The van der Waals surface area contributed by atoms with Crippen molar-refractivity contribution in [3.8, 4) is 0 Å². The van der Waals surface area contributed by atoms with E-state index in [9.17, 15) is 14.0 Å². The summed E-state index contributed by atoms with van der Waals surface area (Å²) < 4.78 is 13.5. The number of hydrogen-bond acceptors (Lipinski definition) is 2. The molecular weight excluding hydrogens is 379 g/mol. The summed E-state index contributed by atoms with van der Waals surface area (Å²) in [5, 5.41) is 0. The highest BCUT2D eigenvalue weighted by Gasteiger charge is 2.42.